The normalized spacial score (nSPS) is 16.8. The smallest absolute Gasteiger partial charge is 0.377 e. The van der Waals surface area contributed by atoms with Crippen LogP contribution in [0.3, 0.4) is 0 Å². The molecule has 1 aliphatic heterocycles. The summed E-state index contributed by atoms with van der Waals surface area (Å²) >= 11 is 1.12. The summed E-state index contributed by atoms with van der Waals surface area (Å²) in [5, 5.41) is 0.502. The Kier molecular flexibility index (Phi) is 5.60. The van der Waals surface area contributed by atoms with E-state index in [-0.39, 0.29) is 29.2 Å². The van der Waals surface area contributed by atoms with E-state index in [4.69, 9.17) is 0 Å². The summed E-state index contributed by atoms with van der Waals surface area (Å²) in [6.07, 6.45) is -2.57. The highest BCUT2D eigenvalue weighted by atomic mass is 32.1. The maximum Gasteiger partial charge on any atom is 0.429 e. The number of Topliss-reactive ketones (excluding diaryl/α,β-unsaturated/α-hetero) is 1. The van der Waals surface area contributed by atoms with Gasteiger partial charge in [0.25, 0.3) is 0 Å². The number of aromatic nitrogens is 1. The van der Waals surface area contributed by atoms with Gasteiger partial charge >= 0.3 is 6.18 Å². The van der Waals surface area contributed by atoms with Crippen molar-refractivity contribution in [2.75, 3.05) is 19.0 Å². The third-order valence-electron chi connectivity index (χ3n) is 5.52. The van der Waals surface area contributed by atoms with E-state index in [1.54, 1.807) is 31.3 Å². The fourth-order valence-corrected chi connectivity index (χ4v) is 4.97. The van der Waals surface area contributed by atoms with Crippen molar-refractivity contribution in [2.24, 2.45) is 10.9 Å². The summed E-state index contributed by atoms with van der Waals surface area (Å²) in [5.41, 5.74) is 1.96. The van der Waals surface area contributed by atoms with Crippen LogP contribution in [0.5, 0.6) is 0 Å². The van der Waals surface area contributed by atoms with Gasteiger partial charge < -0.3 is 4.90 Å². The SMILES string of the molecule is Cc1ccc(CCC2CC(=O)c3sc4nccc(N(C)C)c4c3N=C2C(F)(F)F)cc1. The molecule has 2 aromatic heterocycles. The average Bonchev–Trinajstić information content (AvgIpc) is 3.01. The zero-order valence-corrected chi connectivity index (χ0v) is 18.3. The maximum absolute atomic E-state index is 14.1. The number of anilines is 1. The lowest BCUT2D eigenvalue weighted by Crippen LogP contribution is -2.31. The Balaban J connectivity index is 1.79. The number of aliphatic imine (C=N–C) groups is 1. The van der Waals surface area contributed by atoms with Crippen LogP contribution in [-0.4, -0.2) is 36.8 Å². The Morgan fingerprint density at radius 2 is 1.87 bits per heavy atom. The number of nitrogens with zero attached hydrogens (tertiary/aromatic N) is 3. The predicted octanol–water partition coefficient (Wildman–Crippen LogP) is 6.14. The summed E-state index contributed by atoms with van der Waals surface area (Å²) in [4.78, 5) is 24.0. The summed E-state index contributed by atoms with van der Waals surface area (Å²) < 4.78 is 42.2. The van der Waals surface area contributed by atoms with E-state index >= 15 is 0 Å². The largest absolute Gasteiger partial charge is 0.429 e. The first-order chi connectivity index (χ1) is 14.6. The summed E-state index contributed by atoms with van der Waals surface area (Å²) in [6.45, 7) is 1.96. The van der Waals surface area contributed by atoms with E-state index in [1.807, 2.05) is 31.2 Å². The first kappa shape index (κ1) is 21.5. The van der Waals surface area contributed by atoms with Crippen LogP contribution in [0.2, 0.25) is 0 Å². The zero-order valence-electron chi connectivity index (χ0n) is 17.5. The van der Waals surface area contributed by atoms with Gasteiger partial charge in [-0.05, 0) is 31.4 Å². The Morgan fingerprint density at radius 1 is 1.16 bits per heavy atom. The minimum atomic E-state index is -4.62. The van der Waals surface area contributed by atoms with Gasteiger partial charge in [-0.15, -0.1) is 11.3 Å². The van der Waals surface area contributed by atoms with E-state index < -0.39 is 17.8 Å². The first-order valence-electron chi connectivity index (χ1n) is 9.98. The molecule has 0 spiro atoms. The molecule has 8 heteroatoms. The molecule has 31 heavy (non-hydrogen) atoms. The van der Waals surface area contributed by atoms with Crippen LogP contribution < -0.4 is 4.90 Å². The van der Waals surface area contributed by atoms with Gasteiger partial charge in [0.05, 0.1) is 21.6 Å². The van der Waals surface area contributed by atoms with Crippen LogP contribution in [0, 0.1) is 12.8 Å². The lowest BCUT2D eigenvalue weighted by atomic mass is 9.90. The molecule has 0 aliphatic carbocycles. The Labute approximate surface area is 182 Å². The number of benzene rings is 1. The second-order valence-electron chi connectivity index (χ2n) is 8.03. The molecule has 3 aromatic rings. The number of rotatable bonds is 4. The summed E-state index contributed by atoms with van der Waals surface area (Å²) in [7, 11) is 3.60. The molecule has 162 valence electrons. The molecular formula is C23H22F3N3OS. The minimum absolute atomic E-state index is 0.104. The molecule has 0 amide bonds. The highest BCUT2D eigenvalue weighted by Gasteiger charge is 2.43. The van der Waals surface area contributed by atoms with Crippen molar-refractivity contribution in [3.05, 3.63) is 52.5 Å². The lowest BCUT2D eigenvalue weighted by molar-refractivity contribution is -0.0629. The monoisotopic (exact) mass is 445 g/mol. The second kappa shape index (κ2) is 8.07. The molecule has 1 unspecified atom stereocenters. The van der Waals surface area contributed by atoms with Gasteiger partial charge in [0.1, 0.15) is 10.5 Å². The second-order valence-corrected chi connectivity index (χ2v) is 9.03. The summed E-state index contributed by atoms with van der Waals surface area (Å²) in [5.74, 6) is -1.29. The molecule has 1 aliphatic rings. The van der Waals surface area contributed by atoms with Crippen molar-refractivity contribution in [3.8, 4) is 0 Å². The van der Waals surface area contributed by atoms with Crippen LogP contribution in [0.15, 0.2) is 41.5 Å². The number of hydrogen-bond acceptors (Lipinski definition) is 5. The average molecular weight is 446 g/mol. The van der Waals surface area contributed by atoms with Crippen LogP contribution in [0.4, 0.5) is 24.5 Å². The number of hydrogen-bond donors (Lipinski definition) is 0. The third kappa shape index (κ3) is 4.21. The molecule has 0 fully saturated rings. The Hall–Kier alpha value is -2.74. The lowest BCUT2D eigenvalue weighted by Gasteiger charge is -2.19. The molecule has 0 bridgehead atoms. The molecule has 0 saturated carbocycles. The molecule has 0 N–H and O–H groups in total. The number of aryl methyl sites for hydroxylation is 2. The third-order valence-corrected chi connectivity index (χ3v) is 6.65. The minimum Gasteiger partial charge on any atom is -0.377 e. The topological polar surface area (TPSA) is 45.6 Å². The Bertz CT molecular complexity index is 1160. The van der Waals surface area contributed by atoms with Crippen molar-refractivity contribution in [1.29, 1.82) is 0 Å². The first-order valence-corrected chi connectivity index (χ1v) is 10.8. The molecule has 4 nitrogen and oxygen atoms in total. The van der Waals surface area contributed by atoms with Crippen LogP contribution in [0.1, 0.15) is 33.6 Å². The molecule has 3 heterocycles. The highest BCUT2D eigenvalue weighted by Crippen LogP contribution is 2.46. The fraction of sp³-hybridized carbons (Fsp3) is 0.348. The van der Waals surface area contributed by atoms with Gasteiger partial charge in [-0.2, -0.15) is 13.2 Å². The number of halogens is 3. The standard InChI is InChI=1S/C23H22F3N3OS/c1-13-4-6-14(7-5-13)8-9-15-12-17(30)20-19(28-21(15)23(24,25)26)18-16(29(2)3)10-11-27-22(18)31-20/h4-7,10-11,15H,8-9,12H2,1-3H3. The molecule has 0 saturated heterocycles. The van der Waals surface area contributed by atoms with E-state index in [0.717, 1.165) is 22.5 Å². The van der Waals surface area contributed by atoms with Crippen molar-refractivity contribution in [1.82, 2.24) is 4.98 Å². The summed E-state index contributed by atoms with van der Waals surface area (Å²) in [6, 6.07) is 9.43. The van der Waals surface area contributed by atoms with Crippen LogP contribution in [-0.2, 0) is 6.42 Å². The van der Waals surface area contributed by atoms with E-state index in [9.17, 15) is 18.0 Å². The molecule has 0 radical (unpaired) electrons. The van der Waals surface area contributed by atoms with Gasteiger partial charge in [-0.25, -0.2) is 9.98 Å². The van der Waals surface area contributed by atoms with E-state index in [0.29, 0.717) is 22.3 Å². The van der Waals surface area contributed by atoms with Gasteiger partial charge in [0.2, 0.25) is 0 Å². The predicted molar refractivity (Wildman–Crippen MR) is 119 cm³/mol. The number of carbonyl (C=O) groups is 1. The van der Waals surface area contributed by atoms with Gasteiger partial charge in [-0.1, -0.05) is 29.8 Å². The highest BCUT2D eigenvalue weighted by molar-refractivity contribution is 7.21. The molecule has 1 aromatic carbocycles. The number of fused-ring (bicyclic) bond motifs is 3. The zero-order chi connectivity index (χ0) is 22.3. The number of ketones is 1. The van der Waals surface area contributed by atoms with E-state index in [1.165, 1.54) is 0 Å². The van der Waals surface area contributed by atoms with Crippen LogP contribution >= 0.6 is 11.3 Å². The number of thiophene rings is 1. The fourth-order valence-electron chi connectivity index (χ4n) is 3.91. The van der Waals surface area contributed by atoms with Crippen molar-refractivity contribution < 1.29 is 18.0 Å². The quantitative estimate of drug-likeness (QED) is 0.485. The number of pyridine rings is 1. The van der Waals surface area contributed by atoms with Gasteiger partial charge in [-0.3, -0.25) is 4.79 Å². The van der Waals surface area contributed by atoms with E-state index in [2.05, 4.69) is 9.98 Å². The van der Waals surface area contributed by atoms with Gasteiger partial charge in [0, 0.05) is 32.6 Å². The maximum atomic E-state index is 14.1. The Morgan fingerprint density at radius 3 is 2.52 bits per heavy atom. The van der Waals surface area contributed by atoms with Crippen molar-refractivity contribution in [3.63, 3.8) is 0 Å². The number of carbonyl (C=O) groups excluding carboxylic acids is 1. The molecular weight excluding hydrogens is 423 g/mol. The number of alkyl halides is 3. The molecule has 4 rings (SSSR count). The van der Waals surface area contributed by atoms with Crippen molar-refractivity contribution >= 4 is 44.4 Å². The molecule has 1 atom stereocenters. The van der Waals surface area contributed by atoms with Gasteiger partial charge in [0.15, 0.2) is 5.78 Å². The van der Waals surface area contributed by atoms with Crippen molar-refractivity contribution in [2.45, 2.75) is 32.4 Å². The van der Waals surface area contributed by atoms with Crippen LogP contribution in [0.25, 0.3) is 10.2 Å².